The van der Waals surface area contributed by atoms with Gasteiger partial charge in [-0.25, -0.2) is 0 Å². The molecule has 2 nitrogen and oxygen atoms in total. The van der Waals surface area contributed by atoms with Gasteiger partial charge in [-0.1, -0.05) is 18.5 Å². The smallest absolute Gasteiger partial charge is 0.123 e. The maximum atomic E-state index is 5.98. The van der Waals surface area contributed by atoms with Crippen LogP contribution in [0.4, 0.5) is 0 Å². The van der Waals surface area contributed by atoms with E-state index in [9.17, 15) is 0 Å². The van der Waals surface area contributed by atoms with E-state index in [0.29, 0.717) is 5.88 Å². The Morgan fingerprint density at radius 1 is 1.38 bits per heavy atom. The molecule has 16 heavy (non-hydrogen) atoms. The molecule has 1 rings (SSSR count). The van der Waals surface area contributed by atoms with Crippen LogP contribution in [0.2, 0.25) is 5.02 Å². The van der Waals surface area contributed by atoms with E-state index >= 15 is 0 Å². The van der Waals surface area contributed by atoms with Crippen LogP contribution in [0.25, 0.3) is 0 Å². The summed E-state index contributed by atoms with van der Waals surface area (Å²) in [5, 5.41) is 0.734. The van der Waals surface area contributed by atoms with E-state index < -0.39 is 0 Å². The quantitative estimate of drug-likeness (QED) is 0.728. The van der Waals surface area contributed by atoms with E-state index in [1.165, 1.54) is 0 Å². The van der Waals surface area contributed by atoms with E-state index in [4.69, 9.17) is 27.9 Å². The zero-order valence-corrected chi connectivity index (χ0v) is 11.2. The number of methoxy groups -OCH3 is 1. The average molecular weight is 262 g/mol. The summed E-state index contributed by atoms with van der Waals surface area (Å²) in [5.41, 5.74) is 1.10. The van der Waals surface area contributed by atoms with E-state index in [1.54, 1.807) is 7.11 Å². The second kappa shape index (κ2) is 7.00. The van der Waals surface area contributed by atoms with Crippen molar-refractivity contribution in [3.05, 3.63) is 28.8 Å². The Bertz CT molecular complexity index is 331. The molecule has 0 aliphatic rings. The normalized spacial score (nSPS) is 10.8. The topological polar surface area (TPSA) is 12.5 Å². The van der Waals surface area contributed by atoms with Gasteiger partial charge in [0.05, 0.1) is 7.11 Å². The highest BCUT2D eigenvalue weighted by Gasteiger charge is 2.08. The van der Waals surface area contributed by atoms with Gasteiger partial charge in [0.2, 0.25) is 0 Å². The lowest BCUT2D eigenvalue weighted by Crippen LogP contribution is -2.25. The monoisotopic (exact) mass is 261 g/mol. The Kier molecular flexibility index (Phi) is 5.96. The van der Waals surface area contributed by atoms with Crippen molar-refractivity contribution in [1.29, 1.82) is 0 Å². The fourth-order valence-electron chi connectivity index (χ4n) is 1.58. The first-order chi connectivity index (χ1) is 7.71. The highest BCUT2D eigenvalue weighted by atomic mass is 35.5. The fraction of sp³-hybridized carbons (Fsp3) is 0.500. The molecular weight excluding hydrogens is 245 g/mol. The number of ether oxygens (including phenoxy) is 1. The van der Waals surface area contributed by atoms with Crippen molar-refractivity contribution in [2.24, 2.45) is 0 Å². The van der Waals surface area contributed by atoms with Crippen LogP contribution in [-0.4, -0.2) is 31.0 Å². The van der Waals surface area contributed by atoms with E-state index in [-0.39, 0.29) is 0 Å². The molecule has 1 aromatic carbocycles. The van der Waals surface area contributed by atoms with E-state index in [0.717, 1.165) is 36.0 Å². The third-order valence-corrected chi connectivity index (χ3v) is 2.89. The van der Waals surface area contributed by atoms with Gasteiger partial charge < -0.3 is 4.74 Å². The van der Waals surface area contributed by atoms with Crippen LogP contribution in [-0.2, 0) is 6.54 Å². The highest BCUT2D eigenvalue weighted by Crippen LogP contribution is 2.23. The van der Waals surface area contributed by atoms with Crippen LogP contribution in [0.5, 0.6) is 5.75 Å². The zero-order valence-electron chi connectivity index (χ0n) is 9.67. The van der Waals surface area contributed by atoms with Crippen molar-refractivity contribution in [2.45, 2.75) is 13.5 Å². The summed E-state index contributed by atoms with van der Waals surface area (Å²) < 4.78 is 5.31. The molecule has 0 saturated carbocycles. The maximum absolute atomic E-state index is 5.98. The van der Waals surface area contributed by atoms with Gasteiger partial charge in [-0.2, -0.15) is 0 Å². The Balaban J connectivity index is 2.80. The molecule has 0 unspecified atom stereocenters. The molecule has 0 N–H and O–H groups in total. The second-order valence-corrected chi connectivity index (χ2v) is 4.33. The maximum Gasteiger partial charge on any atom is 0.123 e. The van der Waals surface area contributed by atoms with Crippen molar-refractivity contribution < 1.29 is 4.74 Å². The molecule has 0 aliphatic heterocycles. The minimum Gasteiger partial charge on any atom is -0.496 e. The predicted molar refractivity (Wildman–Crippen MR) is 69.7 cm³/mol. The van der Waals surface area contributed by atoms with Crippen LogP contribution in [0.3, 0.4) is 0 Å². The number of hydrogen-bond donors (Lipinski definition) is 0. The van der Waals surface area contributed by atoms with Crippen molar-refractivity contribution in [2.75, 3.05) is 26.1 Å². The summed E-state index contributed by atoms with van der Waals surface area (Å²) in [5.74, 6) is 1.51. The molecule has 0 aliphatic carbocycles. The molecular formula is C12H17Cl2NO. The summed E-state index contributed by atoms with van der Waals surface area (Å²) >= 11 is 11.7. The lowest BCUT2D eigenvalue weighted by molar-refractivity contribution is 0.291. The molecule has 0 saturated heterocycles. The molecule has 90 valence electrons. The zero-order chi connectivity index (χ0) is 12.0. The predicted octanol–water partition coefficient (Wildman–Crippen LogP) is 3.41. The highest BCUT2D eigenvalue weighted by molar-refractivity contribution is 6.30. The Morgan fingerprint density at radius 3 is 2.69 bits per heavy atom. The van der Waals surface area contributed by atoms with Crippen LogP contribution in [0.15, 0.2) is 18.2 Å². The van der Waals surface area contributed by atoms with Crippen LogP contribution in [0, 0.1) is 0 Å². The molecule has 0 aromatic heterocycles. The largest absolute Gasteiger partial charge is 0.496 e. The number of alkyl halides is 1. The van der Waals surface area contributed by atoms with Gasteiger partial charge >= 0.3 is 0 Å². The molecule has 0 heterocycles. The lowest BCUT2D eigenvalue weighted by Gasteiger charge is -2.20. The first kappa shape index (κ1) is 13.6. The Labute approximate surface area is 107 Å². The second-order valence-electron chi connectivity index (χ2n) is 3.51. The number of benzene rings is 1. The third-order valence-electron chi connectivity index (χ3n) is 2.48. The molecule has 0 spiro atoms. The van der Waals surface area contributed by atoms with Gasteiger partial charge in [-0.05, 0) is 24.7 Å². The molecule has 0 radical (unpaired) electrons. The van der Waals surface area contributed by atoms with Gasteiger partial charge in [0.25, 0.3) is 0 Å². The molecule has 0 bridgehead atoms. The van der Waals surface area contributed by atoms with Crippen molar-refractivity contribution in [3.63, 3.8) is 0 Å². The van der Waals surface area contributed by atoms with Crippen molar-refractivity contribution in [3.8, 4) is 5.75 Å². The number of hydrogen-bond acceptors (Lipinski definition) is 2. The fourth-order valence-corrected chi connectivity index (χ4v) is 2.01. The van der Waals surface area contributed by atoms with Gasteiger partial charge in [-0.15, -0.1) is 11.6 Å². The number of halogens is 2. The van der Waals surface area contributed by atoms with Gasteiger partial charge in [0, 0.05) is 29.6 Å². The summed E-state index contributed by atoms with van der Waals surface area (Å²) in [6.45, 7) is 4.76. The van der Waals surface area contributed by atoms with Crippen LogP contribution in [0.1, 0.15) is 12.5 Å². The van der Waals surface area contributed by atoms with Crippen LogP contribution < -0.4 is 4.74 Å². The Morgan fingerprint density at radius 2 is 2.12 bits per heavy atom. The molecule has 0 amide bonds. The summed E-state index contributed by atoms with van der Waals surface area (Å²) in [7, 11) is 1.67. The molecule has 4 heteroatoms. The van der Waals surface area contributed by atoms with Crippen molar-refractivity contribution >= 4 is 23.2 Å². The van der Waals surface area contributed by atoms with Gasteiger partial charge in [0.15, 0.2) is 0 Å². The SMILES string of the molecule is CCN(CCCl)Cc1cc(Cl)ccc1OC. The standard InChI is InChI=1S/C12H17Cl2NO/c1-3-15(7-6-13)9-10-8-11(14)4-5-12(10)16-2/h4-5,8H,3,6-7,9H2,1-2H3. The van der Waals surface area contributed by atoms with E-state index in [2.05, 4.69) is 11.8 Å². The molecule has 0 atom stereocenters. The van der Waals surface area contributed by atoms with Gasteiger partial charge in [0.1, 0.15) is 5.75 Å². The Hall–Kier alpha value is -0.440. The van der Waals surface area contributed by atoms with Crippen molar-refractivity contribution in [1.82, 2.24) is 4.90 Å². The summed E-state index contributed by atoms with van der Waals surface area (Å²) in [6.07, 6.45) is 0. The van der Waals surface area contributed by atoms with Gasteiger partial charge in [-0.3, -0.25) is 4.90 Å². The van der Waals surface area contributed by atoms with E-state index in [1.807, 2.05) is 18.2 Å². The lowest BCUT2D eigenvalue weighted by atomic mass is 10.2. The average Bonchev–Trinajstić information content (AvgIpc) is 2.29. The minimum absolute atomic E-state index is 0.636. The molecule has 0 fully saturated rings. The molecule has 1 aromatic rings. The first-order valence-corrected chi connectivity index (χ1v) is 6.23. The van der Waals surface area contributed by atoms with Crippen LogP contribution >= 0.6 is 23.2 Å². The number of nitrogens with zero attached hydrogens (tertiary/aromatic N) is 1. The third kappa shape index (κ3) is 3.85. The number of rotatable bonds is 6. The minimum atomic E-state index is 0.636. The first-order valence-electron chi connectivity index (χ1n) is 5.32. The summed E-state index contributed by atoms with van der Waals surface area (Å²) in [4.78, 5) is 2.25. The summed E-state index contributed by atoms with van der Waals surface area (Å²) in [6, 6.07) is 5.67.